The van der Waals surface area contributed by atoms with E-state index in [2.05, 4.69) is 32.9 Å². The number of hydrogen-bond acceptors (Lipinski definition) is 0. The van der Waals surface area contributed by atoms with Gasteiger partial charge in [-0.2, -0.15) is 0 Å². The van der Waals surface area contributed by atoms with Crippen LogP contribution in [0.25, 0.3) is 0 Å². The highest BCUT2D eigenvalue weighted by Gasteiger charge is 2.38. The van der Waals surface area contributed by atoms with Gasteiger partial charge in [-0.3, -0.25) is 0 Å². The maximum Gasteiger partial charge on any atom is 0.00642 e. The van der Waals surface area contributed by atoms with Crippen molar-refractivity contribution >= 4 is 0 Å². The van der Waals surface area contributed by atoms with Gasteiger partial charge in [0.2, 0.25) is 0 Å². The molecule has 0 nitrogen and oxygen atoms in total. The van der Waals surface area contributed by atoms with Crippen LogP contribution in [0.3, 0.4) is 0 Å². The minimum atomic E-state index is 0.631. The lowest BCUT2D eigenvalue weighted by Gasteiger charge is -2.29. The molecule has 0 aromatic heterocycles. The Morgan fingerprint density at radius 2 is 1.79 bits per heavy atom. The first-order chi connectivity index (χ1) is 9.10. The van der Waals surface area contributed by atoms with E-state index in [4.69, 9.17) is 0 Å². The van der Waals surface area contributed by atoms with E-state index in [0.717, 1.165) is 17.8 Å². The first-order valence-electron chi connectivity index (χ1n) is 8.80. The molecular formula is C19H34. The third-order valence-electron chi connectivity index (χ3n) is 5.35. The molecule has 2 aliphatic rings. The molecule has 1 spiro atoms. The summed E-state index contributed by atoms with van der Waals surface area (Å²) in [5.41, 5.74) is 0.631. The maximum atomic E-state index is 2.47. The van der Waals surface area contributed by atoms with Crippen LogP contribution in [0.4, 0.5) is 0 Å². The van der Waals surface area contributed by atoms with Gasteiger partial charge >= 0.3 is 0 Å². The van der Waals surface area contributed by atoms with Crippen molar-refractivity contribution in [3.63, 3.8) is 0 Å². The molecule has 0 radical (unpaired) electrons. The average Bonchev–Trinajstić information content (AvgIpc) is 3.08. The summed E-state index contributed by atoms with van der Waals surface area (Å²) < 4.78 is 0. The summed E-state index contributed by atoms with van der Waals surface area (Å²) in [6, 6.07) is 0. The van der Waals surface area contributed by atoms with Crippen LogP contribution < -0.4 is 0 Å². The molecule has 1 saturated carbocycles. The Bertz CT molecular complexity index is 280. The van der Waals surface area contributed by atoms with Crippen LogP contribution in [0.1, 0.15) is 85.0 Å². The normalized spacial score (nSPS) is 26.0. The van der Waals surface area contributed by atoms with Crippen molar-refractivity contribution in [1.82, 2.24) is 0 Å². The Balaban J connectivity index is 1.51. The molecule has 0 heteroatoms. The van der Waals surface area contributed by atoms with Crippen LogP contribution in [0.15, 0.2) is 12.2 Å². The molecule has 0 bridgehead atoms. The number of hydrogen-bond donors (Lipinski definition) is 0. The van der Waals surface area contributed by atoms with Crippen molar-refractivity contribution in [2.75, 3.05) is 0 Å². The van der Waals surface area contributed by atoms with Gasteiger partial charge < -0.3 is 0 Å². The van der Waals surface area contributed by atoms with E-state index in [1.54, 1.807) is 0 Å². The van der Waals surface area contributed by atoms with Crippen molar-refractivity contribution < 1.29 is 0 Å². The van der Waals surface area contributed by atoms with Gasteiger partial charge in [0.25, 0.3) is 0 Å². The summed E-state index contributed by atoms with van der Waals surface area (Å²) in [6.07, 6.45) is 19.6. The molecule has 19 heavy (non-hydrogen) atoms. The van der Waals surface area contributed by atoms with Crippen LogP contribution in [-0.4, -0.2) is 0 Å². The predicted octanol–water partition coefficient (Wildman–Crippen LogP) is 6.37. The summed E-state index contributed by atoms with van der Waals surface area (Å²) in [5, 5.41) is 0. The van der Waals surface area contributed by atoms with Gasteiger partial charge in [-0.1, -0.05) is 84.3 Å². The number of rotatable bonds is 8. The third-order valence-corrected chi connectivity index (χ3v) is 5.35. The molecule has 0 aromatic rings. The van der Waals surface area contributed by atoms with Crippen LogP contribution in [0.5, 0.6) is 0 Å². The lowest BCUT2D eigenvalue weighted by Crippen LogP contribution is -2.17. The fourth-order valence-electron chi connectivity index (χ4n) is 3.90. The molecule has 0 heterocycles. The number of allylic oxidation sites excluding steroid dienone is 2. The molecule has 0 aromatic carbocycles. The Kier molecular flexibility index (Phi) is 5.54. The highest BCUT2D eigenvalue weighted by molar-refractivity contribution is 5.26. The first-order valence-corrected chi connectivity index (χ1v) is 8.80. The molecule has 2 atom stereocenters. The second-order valence-electron chi connectivity index (χ2n) is 7.89. The molecular weight excluding hydrogens is 228 g/mol. The maximum absolute atomic E-state index is 2.47. The van der Waals surface area contributed by atoms with Crippen LogP contribution in [-0.2, 0) is 0 Å². The van der Waals surface area contributed by atoms with E-state index in [1.165, 1.54) is 64.2 Å². The van der Waals surface area contributed by atoms with E-state index in [0.29, 0.717) is 5.41 Å². The van der Waals surface area contributed by atoms with E-state index in [-0.39, 0.29) is 0 Å². The van der Waals surface area contributed by atoms with Gasteiger partial charge in [0.1, 0.15) is 0 Å². The average molecular weight is 262 g/mol. The standard InChI is InChI=1S/C19H34/c1-16(2)7-4-8-17(3)9-5-10-18-11-6-12-19(15-18)13-14-19/h13-14,16-18H,4-12,15H2,1-3H3. The Morgan fingerprint density at radius 3 is 2.47 bits per heavy atom. The monoisotopic (exact) mass is 262 g/mol. The van der Waals surface area contributed by atoms with Crippen molar-refractivity contribution in [3.05, 3.63) is 12.2 Å². The Labute approximate surface area is 121 Å². The Morgan fingerprint density at radius 1 is 1.05 bits per heavy atom. The van der Waals surface area contributed by atoms with Gasteiger partial charge in [0.15, 0.2) is 0 Å². The third kappa shape index (κ3) is 5.32. The molecule has 110 valence electrons. The fourth-order valence-corrected chi connectivity index (χ4v) is 3.90. The van der Waals surface area contributed by atoms with E-state index in [1.807, 2.05) is 0 Å². The molecule has 2 unspecified atom stereocenters. The second-order valence-corrected chi connectivity index (χ2v) is 7.89. The van der Waals surface area contributed by atoms with E-state index >= 15 is 0 Å². The summed E-state index contributed by atoms with van der Waals surface area (Å²) in [5.74, 6) is 2.87. The largest absolute Gasteiger partial charge is 0.0777 e. The van der Waals surface area contributed by atoms with Crippen molar-refractivity contribution in [2.45, 2.75) is 85.0 Å². The SMILES string of the molecule is CC(C)CCCC(C)CCCC1CCCC2(C=C2)C1. The summed E-state index contributed by atoms with van der Waals surface area (Å²) in [4.78, 5) is 0. The van der Waals surface area contributed by atoms with Gasteiger partial charge in [-0.25, -0.2) is 0 Å². The van der Waals surface area contributed by atoms with Crippen molar-refractivity contribution in [2.24, 2.45) is 23.2 Å². The molecule has 0 saturated heterocycles. The molecule has 0 N–H and O–H groups in total. The smallest absolute Gasteiger partial charge is 0.00642 e. The zero-order valence-electron chi connectivity index (χ0n) is 13.5. The molecule has 1 fully saturated rings. The molecule has 2 aliphatic carbocycles. The van der Waals surface area contributed by atoms with Gasteiger partial charge in [0, 0.05) is 5.41 Å². The highest BCUT2D eigenvalue weighted by atomic mass is 14.4. The van der Waals surface area contributed by atoms with Gasteiger partial charge in [-0.15, -0.1) is 0 Å². The summed E-state index contributed by atoms with van der Waals surface area (Å²) >= 11 is 0. The van der Waals surface area contributed by atoms with Gasteiger partial charge in [0.05, 0.1) is 0 Å². The first kappa shape index (κ1) is 15.1. The van der Waals surface area contributed by atoms with Gasteiger partial charge in [-0.05, 0) is 30.6 Å². The Hall–Kier alpha value is -0.260. The lowest BCUT2D eigenvalue weighted by molar-refractivity contribution is 0.249. The summed E-state index contributed by atoms with van der Waals surface area (Å²) in [6.45, 7) is 7.15. The van der Waals surface area contributed by atoms with Crippen LogP contribution >= 0.6 is 0 Å². The predicted molar refractivity (Wildman–Crippen MR) is 85.2 cm³/mol. The van der Waals surface area contributed by atoms with Crippen LogP contribution in [0.2, 0.25) is 0 Å². The minimum absolute atomic E-state index is 0.631. The van der Waals surface area contributed by atoms with E-state index < -0.39 is 0 Å². The fraction of sp³-hybridized carbons (Fsp3) is 0.895. The highest BCUT2D eigenvalue weighted by Crippen LogP contribution is 2.50. The summed E-state index contributed by atoms with van der Waals surface area (Å²) in [7, 11) is 0. The van der Waals surface area contributed by atoms with Crippen molar-refractivity contribution in [3.8, 4) is 0 Å². The van der Waals surface area contributed by atoms with Crippen molar-refractivity contribution in [1.29, 1.82) is 0 Å². The molecule has 0 amide bonds. The quantitative estimate of drug-likeness (QED) is 0.446. The zero-order valence-corrected chi connectivity index (χ0v) is 13.5. The lowest BCUT2D eigenvalue weighted by atomic mass is 9.75. The molecule has 0 aliphatic heterocycles. The molecule has 2 rings (SSSR count). The van der Waals surface area contributed by atoms with E-state index in [9.17, 15) is 0 Å². The topological polar surface area (TPSA) is 0 Å². The second kappa shape index (κ2) is 6.95. The van der Waals surface area contributed by atoms with Crippen LogP contribution in [0, 0.1) is 23.2 Å². The zero-order chi connectivity index (χ0) is 13.7. The minimum Gasteiger partial charge on any atom is -0.0777 e.